The first-order valence-corrected chi connectivity index (χ1v) is 19.3. The molecule has 306 valence electrons. The summed E-state index contributed by atoms with van der Waals surface area (Å²) >= 11 is 0. The van der Waals surface area contributed by atoms with Gasteiger partial charge < -0.3 is 25.5 Å². The van der Waals surface area contributed by atoms with Crippen LogP contribution in [0, 0.1) is 0 Å². The number of ketones is 1. The fraction of sp³-hybridized carbons (Fsp3) is 0.200. The van der Waals surface area contributed by atoms with Crippen LogP contribution in [-0.4, -0.2) is 49.5 Å². The third kappa shape index (κ3) is 10.7. The first kappa shape index (κ1) is 46.4. The van der Waals surface area contributed by atoms with Gasteiger partial charge in [-0.3, -0.25) is 9.59 Å². The molecule has 0 aliphatic heterocycles. The molecule has 0 spiro atoms. The van der Waals surface area contributed by atoms with E-state index in [0.29, 0.717) is 11.8 Å². The molecule has 0 bridgehead atoms. The van der Waals surface area contributed by atoms with Gasteiger partial charge in [-0.15, -0.1) is 0 Å². The van der Waals surface area contributed by atoms with E-state index in [1.807, 2.05) is 71.9 Å². The Morgan fingerprint density at radius 3 is 1.63 bits per heavy atom. The lowest BCUT2D eigenvalue weighted by molar-refractivity contribution is -0.110. The first-order valence-electron chi connectivity index (χ1n) is 19.3. The summed E-state index contributed by atoms with van der Waals surface area (Å²) in [5, 5.41) is 47.3. The van der Waals surface area contributed by atoms with Crippen molar-refractivity contribution in [1.82, 2.24) is 0 Å². The van der Waals surface area contributed by atoms with Gasteiger partial charge in [-0.25, -0.2) is 9.59 Å². The average molecular weight is 797 g/mol. The van der Waals surface area contributed by atoms with E-state index in [1.165, 1.54) is 18.2 Å². The van der Waals surface area contributed by atoms with Crippen molar-refractivity contribution < 1.29 is 44.7 Å². The topological polar surface area (TPSA) is 169 Å². The largest absolute Gasteiger partial charge is 0.508 e. The van der Waals surface area contributed by atoms with Gasteiger partial charge in [0.2, 0.25) is 0 Å². The maximum absolute atomic E-state index is 12.1. The fourth-order valence-corrected chi connectivity index (χ4v) is 6.74. The summed E-state index contributed by atoms with van der Waals surface area (Å²) in [5.74, 6) is -1.53. The zero-order chi connectivity index (χ0) is 44.1. The lowest BCUT2D eigenvalue weighted by atomic mass is 9.64. The van der Waals surface area contributed by atoms with Crippen LogP contribution in [0.15, 0.2) is 145 Å². The van der Waals surface area contributed by atoms with Crippen molar-refractivity contribution in [2.24, 2.45) is 0 Å². The second-order valence-corrected chi connectivity index (χ2v) is 14.0. The molecule has 0 fully saturated rings. The van der Waals surface area contributed by atoms with Gasteiger partial charge in [-0.2, -0.15) is 0 Å². The number of rotatable bonds is 6. The van der Waals surface area contributed by atoms with Gasteiger partial charge in [0.15, 0.2) is 12.1 Å². The third-order valence-corrected chi connectivity index (χ3v) is 9.76. The number of carboxylic acid groups (broad SMARTS) is 2. The number of aromatic hydroxyl groups is 3. The minimum atomic E-state index is -1.08. The zero-order valence-corrected chi connectivity index (χ0v) is 34.6. The second kappa shape index (κ2) is 20.4. The van der Waals surface area contributed by atoms with Gasteiger partial charge in [0.1, 0.15) is 17.2 Å². The lowest BCUT2D eigenvalue weighted by Gasteiger charge is -2.39. The number of hydrogen-bond acceptors (Lipinski definition) is 7. The Balaban J connectivity index is 0.000000249. The van der Waals surface area contributed by atoms with Gasteiger partial charge in [0.05, 0.1) is 11.1 Å². The molecule has 7 rings (SSSR count). The molecular formula is C50H52O9. The molecule has 0 saturated heterocycles. The predicted octanol–water partition coefficient (Wildman–Crippen LogP) is 10.9. The fourth-order valence-electron chi connectivity index (χ4n) is 6.74. The monoisotopic (exact) mass is 796 g/mol. The van der Waals surface area contributed by atoms with Crippen LogP contribution in [0.2, 0.25) is 0 Å². The van der Waals surface area contributed by atoms with Crippen molar-refractivity contribution in [2.45, 2.75) is 66.2 Å². The summed E-state index contributed by atoms with van der Waals surface area (Å²) in [6.45, 7) is 16.1. The van der Waals surface area contributed by atoms with E-state index in [2.05, 4.69) is 13.8 Å². The smallest absolute Gasteiger partial charge is 0.336 e. The molecule has 0 radical (unpaired) electrons. The molecule has 5 aromatic rings. The molecule has 5 N–H and O–H groups in total. The van der Waals surface area contributed by atoms with Gasteiger partial charge in [-0.05, 0) is 105 Å². The number of hydrogen-bond donors (Lipinski definition) is 5. The Labute approximate surface area is 346 Å². The number of carboxylic acids is 2. The highest BCUT2D eigenvalue weighted by Gasteiger charge is 2.39. The van der Waals surface area contributed by atoms with Crippen LogP contribution in [0.25, 0.3) is 5.57 Å². The van der Waals surface area contributed by atoms with E-state index < -0.39 is 17.4 Å². The van der Waals surface area contributed by atoms with Gasteiger partial charge in [0.25, 0.3) is 0 Å². The quantitative estimate of drug-likeness (QED) is 0.105. The normalized spacial score (nSPS) is 13.1. The lowest BCUT2D eigenvalue weighted by Crippen LogP contribution is -2.29. The minimum absolute atomic E-state index is 0.0440. The van der Waals surface area contributed by atoms with E-state index in [4.69, 9.17) is 5.11 Å². The number of phenolic OH excluding ortho intramolecular Hbond substituents is 3. The van der Waals surface area contributed by atoms with Crippen LogP contribution >= 0.6 is 0 Å². The molecule has 0 unspecified atom stereocenters. The van der Waals surface area contributed by atoms with Crippen LogP contribution < -0.4 is 0 Å². The molecule has 59 heavy (non-hydrogen) atoms. The Bertz CT molecular complexity index is 2360. The highest BCUT2D eigenvalue weighted by molar-refractivity contribution is 6.07. The van der Waals surface area contributed by atoms with Gasteiger partial charge >= 0.3 is 11.9 Å². The highest BCUT2D eigenvalue weighted by atomic mass is 16.4. The van der Waals surface area contributed by atoms with Crippen LogP contribution in [0.5, 0.6) is 17.2 Å². The van der Waals surface area contributed by atoms with E-state index in [9.17, 15) is 39.6 Å². The number of benzene rings is 5. The molecule has 9 nitrogen and oxygen atoms in total. The standard InChI is InChI=1S/C23H18O4.C15H16O2.C8H6O3.2C2H6/c1-23(2)19-11-13(24)7-9-17(19)21(18-10-8-14(25)12-20(18)23)15-5-3-4-6-16(15)22(26)27;1-15(2,11-5-3-7-13(16)9-11)12-6-4-8-14(17)10-12;9-5-6-3-1-2-4-7(6)8(10)11;2*1-2/h3-12,24H,1-2H3,(H,26,27);3-10,16-17H,1-2H3;1-5H,(H,10,11);2*1-2H3. The molecular weight excluding hydrogens is 745 g/mol. The van der Waals surface area contributed by atoms with Crippen LogP contribution in [0.3, 0.4) is 0 Å². The summed E-state index contributed by atoms with van der Waals surface area (Å²) in [4.78, 5) is 44.6. The SMILES string of the molecule is CC.CC.CC(C)(c1cccc(O)c1)c1cccc(O)c1.CC1(C)C2=CC(=O)C=CC2=C(c2ccccc2C(=O)O)c2ccc(O)cc21.O=Cc1ccccc1C(=O)O. The van der Waals surface area contributed by atoms with Gasteiger partial charge in [-0.1, -0.05) is 128 Å². The van der Waals surface area contributed by atoms with Crippen molar-refractivity contribution >= 4 is 29.6 Å². The number of allylic oxidation sites excluding steroid dienone is 5. The van der Waals surface area contributed by atoms with Crippen molar-refractivity contribution in [3.8, 4) is 17.2 Å². The number of aldehydes is 1. The summed E-state index contributed by atoms with van der Waals surface area (Å²) in [6.07, 6.45) is 5.40. The molecule has 0 aromatic heterocycles. The molecule has 0 heterocycles. The molecule has 2 aliphatic rings. The van der Waals surface area contributed by atoms with Crippen LogP contribution in [0.1, 0.15) is 114 Å². The van der Waals surface area contributed by atoms with Crippen molar-refractivity contribution in [2.75, 3.05) is 0 Å². The molecule has 0 atom stereocenters. The number of fused-ring (bicyclic) bond motifs is 2. The van der Waals surface area contributed by atoms with Crippen LogP contribution in [-0.2, 0) is 15.6 Å². The number of carbonyl (C=O) groups excluding carboxylic acids is 2. The molecule has 2 aliphatic carbocycles. The summed E-state index contributed by atoms with van der Waals surface area (Å²) in [6, 6.07) is 32.5. The number of phenols is 3. The average Bonchev–Trinajstić information content (AvgIpc) is 3.23. The zero-order valence-electron chi connectivity index (χ0n) is 34.6. The molecule has 5 aromatic carbocycles. The summed E-state index contributed by atoms with van der Waals surface area (Å²) in [7, 11) is 0. The highest BCUT2D eigenvalue weighted by Crippen LogP contribution is 2.50. The maximum Gasteiger partial charge on any atom is 0.336 e. The molecule has 0 amide bonds. The summed E-state index contributed by atoms with van der Waals surface area (Å²) in [5.41, 5.74) is 6.45. The Morgan fingerprint density at radius 1 is 0.610 bits per heavy atom. The van der Waals surface area contributed by atoms with E-state index in [-0.39, 0.29) is 45.1 Å². The van der Waals surface area contributed by atoms with Gasteiger partial charge in [0, 0.05) is 16.4 Å². The van der Waals surface area contributed by atoms with Crippen molar-refractivity contribution in [3.63, 3.8) is 0 Å². The number of carbonyl (C=O) groups is 4. The summed E-state index contributed by atoms with van der Waals surface area (Å²) < 4.78 is 0. The van der Waals surface area contributed by atoms with Crippen LogP contribution in [0.4, 0.5) is 0 Å². The third-order valence-electron chi connectivity index (χ3n) is 9.76. The Hall–Kier alpha value is -7.00. The minimum Gasteiger partial charge on any atom is -0.508 e. The first-order chi connectivity index (χ1) is 28.1. The maximum atomic E-state index is 12.1. The molecule has 9 heteroatoms. The van der Waals surface area contributed by atoms with E-state index in [1.54, 1.807) is 84.9 Å². The van der Waals surface area contributed by atoms with Crippen molar-refractivity contribution in [3.05, 3.63) is 189 Å². The van der Waals surface area contributed by atoms with E-state index in [0.717, 1.165) is 39.0 Å². The van der Waals surface area contributed by atoms with Crippen molar-refractivity contribution in [1.29, 1.82) is 0 Å². The predicted molar refractivity (Wildman–Crippen MR) is 233 cm³/mol. The second-order valence-electron chi connectivity index (χ2n) is 14.0. The Morgan fingerprint density at radius 2 is 1.12 bits per heavy atom. The molecule has 0 saturated carbocycles. The number of aromatic carboxylic acids is 2. The Kier molecular flexibility index (Phi) is 16.1. The van der Waals surface area contributed by atoms with E-state index >= 15 is 0 Å².